The number of hydrogen-bond donors (Lipinski definition) is 2. The quantitative estimate of drug-likeness (QED) is 0.859. The number of nitrogens with one attached hydrogen (secondary N) is 1. The first kappa shape index (κ1) is 15.2. The summed E-state index contributed by atoms with van der Waals surface area (Å²) in [7, 11) is 0. The van der Waals surface area contributed by atoms with E-state index in [1.54, 1.807) is 0 Å². The van der Waals surface area contributed by atoms with Crippen LogP contribution >= 0.6 is 0 Å². The maximum absolute atomic E-state index is 10.2. The Hall–Kier alpha value is -1.71. The molecule has 3 heteroatoms. The third-order valence-corrected chi connectivity index (χ3v) is 4.51. The molecule has 1 saturated carbocycles. The molecule has 0 saturated heterocycles. The summed E-state index contributed by atoms with van der Waals surface area (Å²) in [4.78, 5) is 4.39. The van der Waals surface area contributed by atoms with E-state index in [0.717, 1.165) is 17.8 Å². The summed E-state index contributed by atoms with van der Waals surface area (Å²) in [5.41, 5.74) is 3.35. The molecular formula is C19H24N2O. The van der Waals surface area contributed by atoms with Gasteiger partial charge in [0.2, 0.25) is 0 Å². The normalized spacial score (nSPS) is 16.8. The Morgan fingerprint density at radius 2 is 2.00 bits per heavy atom. The second kappa shape index (κ2) is 7.52. The Balaban J connectivity index is 1.54. The van der Waals surface area contributed by atoms with Crippen LogP contribution in [0.25, 0.3) is 11.3 Å². The van der Waals surface area contributed by atoms with E-state index < -0.39 is 0 Å². The van der Waals surface area contributed by atoms with Gasteiger partial charge >= 0.3 is 0 Å². The van der Waals surface area contributed by atoms with E-state index in [4.69, 9.17) is 0 Å². The maximum Gasteiger partial charge on any atom is 0.0702 e. The Labute approximate surface area is 132 Å². The maximum atomic E-state index is 10.2. The van der Waals surface area contributed by atoms with Crippen LogP contribution in [0.4, 0.5) is 0 Å². The smallest absolute Gasteiger partial charge is 0.0702 e. The van der Waals surface area contributed by atoms with Gasteiger partial charge in [0.1, 0.15) is 0 Å². The lowest BCUT2D eigenvalue weighted by molar-refractivity contribution is 0.109. The lowest BCUT2D eigenvalue weighted by Crippen LogP contribution is -2.31. The van der Waals surface area contributed by atoms with E-state index >= 15 is 0 Å². The van der Waals surface area contributed by atoms with Crippen LogP contribution < -0.4 is 5.32 Å². The van der Waals surface area contributed by atoms with Crippen molar-refractivity contribution in [2.75, 3.05) is 6.54 Å². The van der Waals surface area contributed by atoms with Crippen LogP contribution in [0.15, 0.2) is 48.7 Å². The summed E-state index contributed by atoms with van der Waals surface area (Å²) < 4.78 is 0. The van der Waals surface area contributed by atoms with Gasteiger partial charge in [0.25, 0.3) is 0 Å². The molecule has 116 valence electrons. The van der Waals surface area contributed by atoms with E-state index in [1.807, 2.05) is 24.4 Å². The number of aliphatic hydroxyl groups excluding tert-OH is 1. The standard InChI is InChI=1S/C19H24N2O/c22-19(16-7-1-2-8-16)14-20-13-15-6-5-9-17(12-15)18-10-3-4-11-21-18/h3-6,9-12,16,19-20,22H,1-2,7-8,13-14H2. The first-order chi connectivity index (χ1) is 10.8. The van der Waals surface area contributed by atoms with Gasteiger partial charge in [-0.3, -0.25) is 4.98 Å². The monoisotopic (exact) mass is 296 g/mol. The Morgan fingerprint density at radius 1 is 1.14 bits per heavy atom. The molecule has 0 radical (unpaired) electrons. The van der Waals surface area contributed by atoms with Crippen molar-refractivity contribution in [3.8, 4) is 11.3 Å². The van der Waals surface area contributed by atoms with Crippen LogP contribution in [0.5, 0.6) is 0 Å². The highest BCUT2D eigenvalue weighted by Gasteiger charge is 2.22. The zero-order valence-electron chi connectivity index (χ0n) is 12.9. The third kappa shape index (κ3) is 3.93. The van der Waals surface area contributed by atoms with Gasteiger partial charge in [0.05, 0.1) is 11.8 Å². The zero-order valence-corrected chi connectivity index (χ0v) is 12.9. The molecule has 3 nitrogen and oxygen atoms in total. The van der Waals surface area contributed by atoms with Crippen LogP contribution in [-0.2, 0) is 6.54 Å². The van der Waals surface area contributed by atoms with E-state index in [2.05, 4.69) is 34.6 Å². The number of rotatable bonds is 6. The number of aromatic nitrogens is 1. The van der Waals surface area contributed by atoms with Crippen molar-refractivity contribution in [3.63, 3.8) is 0 Å². The largest absolute Gasteiger partial charge is 0.392 e. The Kier molecular flexibility index (Phi) is 5.20. The number of benzene rings is 1. The predicted octanol–water partition coefficient (Wildman–Crippen LogP) is 3.39. The van der Waals surface area contributed by atoms with Gasteiger partial charge < -0.3 is 10.4 Å². The fourth-order valence-electron chi connectivity index (χ4n) is 3.25. The highest BCUT2D eigenvalue weighted by Crippen LogP contribution is 2.27. The van der Waals surface area contributed by atoms with Crippen LogP contribution in [0.3, 0.4) is 0 Å². The fourth-order valence-corrected chi connectivity index (χ4v) is 3.25. The molecule has 3 rings (SSSR count). The molecule has 1 aliphatic rings. The van der Waals surface area contributed by atoms with Crippen molar-refractivity contribution >= 4 is 0 Å². The molecule has 2 aromatic rings. The lowest BCUT2D eigenvalue weighted by atomic mass is 10.0. The van der Waals surface area contributed by atoms with Crippen LogP contribution in [-0.4, -0.2) is 22.7 Å². The van der Waals surface area contributed by atoms with Crippen molar-refractivity contribution < 1.29 is 5.11 Å². The number of pyridine rings is 1. The van der Waals surface area contributed by atoms with Gasteiger partial charge in [0.15, 0.2) is 0 Å². The summed E-state index contributed by atoms with van der Waals surface area (Å²) in [5, 5.41) is 13.6. The number of aliphatic hydroxyl groups is 1. The topological polar surface area (TPSA) is 45.1 Å². The first-order valence-electron chi connectivity index (χ1n) is 8.22. The summed E-state index contributed by atoms with van der Waals surface area (Å²) in [5.74, 6) is 0.493. The summed E-state index contributed by atoms with van der Waals surface area (Å²) >= 11 is 0. The highest BCUT2D eigenvalue weighted by atomic mass is 16.3. The second-order valence-corrected chi connectivity index (χ2v) is 6.16. The minimum atomic E-state index is -0.207. The van der Waals surface area contributed by atoms with Crippen LogP contribution in [0, 0.1) is 5.92 Å². The molecule has 0 spiro atoms. The van der Waals surface area contributed by atoms with Crippen molar-refractivity contribution in [3.05, 3.63) is 54.2 Å². The second-order valence-electron chi connectivity index (χ2n) is 6.16. The molecule has 1 aromatic carbocycles. The molecule has 1 aliphatic carbocycles. The molecule has 1 atom stereocenters. The highest BCUT2D eigenvalue weighted by molar-refractivity contribution is 5.59. The van der Waals surface area contributed by atoms with Crippen LogP contribution in [0.2, 0.25) is 0 Å². The number of nitrogens with zero attached hydrogens (tertiary/aromatic N) is 1. The SMILES string of the molecule is OC(CNCc1cccc(-c2ccccn2)c1)C1CCCC1. The van der Waals surface area contributed by atoms with E-state index in [0.29, 0.717) is 12.5 Å². The van der Waals surface area contributed by atoms with E-state index in [-0.39, 0.29) is 6.10 Å². The Morgan fingerprint density at radius 3 is 2.77 bits per heavy atom. The molecule has 1 aromatic heterocycles. The molecule has 2 N–H and O–H groups in total. The molecule has 22 heavy (non-hydrogen) atoms. The van der Waals surface area contributed by atoms with Crippen molar-refractivity contribution in [1.29, 1.82) is 0 Å². The minimum Gasteiger partial charge on any atom is -0.392 e. The molecule has 0 bridgehead atoms. The molecule has 1 unspecified atom stereocenters. The Bertz CT molecular complexity index is 579. The van der Waals surface area contributed by atoms with Gasteiger partial charge in [-0.05, 0) is 42.5 Å². The average Bonchev–Trinajstić information content (AvgIpc) is 3.10. The van der Waals surface area contributed by atoms with Gasteiger partial charge in [-0.15, -0.1) is 0 Å². The van der Waals surface area contributed by atoms with E-state index in [9.17, 15) is 5.11 Å². The third-order valence-electron chi connectivity index (χ3n) is 4.51. The van der Waals surface area contributed by atoms with Crippen molar-refractivity contribution in [2.24, 2.45) is 5.92 Å². The summed E-state index contributed by atoms with van der Waals surface area (Å²) in [6.07, 6.45) is 6.51. The molecule has 1 fully saturated rings. The lowest BCUT2D eigenvalue weighted by Gasteiger charge is -2.18. The summed E-state index contributed by atoms with van der Waals surface area (Å²) in [6, 6.07) is 14.4. The molecule has 1 heterocycles. The molecular weight excluding hydrogens is 272 g/mol. The van der Waals surface area contributed by atoms with E-state index in [1.165, 1.54) is 31.2 Å². The van der Waals surface area contributed by atoms with Gasteiger partial charge in [-0.25, -0.2) is 0 Å². The predicted molar refractivity (Wildman–Crippen MR) is 89.3 cm³/mol. The van der Waals surface area contributed by atoms with Gasteiger partial charge in [-0.2, -0.15) is 0 Å². The van der Waals surface area contributed by atoms with Crippen LogP contribution in [0.1, 0.15) is 31.2 Å². The minimum absolute atomic E-state index is 0.207. The summed E-state index contributed by atoms with van der Waals surface area (Å²) in [6.45, 7) is 1.46. The van der Waals surface area contributed by atoms with Crippen molar-refractivity contribution in [1.82, 2.24) is 10.3 Å². The van der Waals surface area contributed by atoms with Gasteiger partial charge in [-0.1, -0.05) is 37.1 Å². The molecule has 0 amide bonds. The average molecular weight is 296 g/mol. The number of hydrogen-bond acceptors (Lipinski definition) is 3. The first-order valence-corrected chi connectivity index (χ1v) is 8.22. The van der Waals surface area contributed by atoms with Crippen molar-refractivity contribution in [2.45, 2.75) is 38.3 Å². The molecule has 0 aliphatic heterocycles. The zero-order chi connectivity index (χ0) is 15.2. The fraction of sp³-hybridized carbons (Fsp3) is 0.421. The van der Waals surface area contributed by atoms with Gasteiger partial charge in [0, 0.05) is 24.8 Å².